The van der Waals surface area contributed by atoms with Crippen molar-refractivity contribution < 1.29 is 18.7 Å². The smallest absolute Gasteiger partial charge is 0.253 e. The van der Waals surface area contributed by atoms with Gasteiger partial charge in [-0.3, -0.25) is 4.79 Å². The third kappa shape index (κ3) is 5.10. The van der Waals surface area contributed by atoms with Gasteiger partial charge in [0.1, 0.15) is 18.5 Å². The standard InChI is InChI=1S/C25H23ClFN5O3S/c1-14-17(10-18-19(26)6-5-7-20(18)27)15(2)32-24(29-14)30-25(31-32)36-13-23(33)28-11-16-12-34-21-8-3-4-9-22(21)35-16/h3-9,16H,10-13H2,1-2H3,(H,28,33)/t16-/m0/s1. The number of ether oxygens (including phenoxy) is 2. The van der Waals surface area contributed by atoms with Gasteiger partial charge in [-0.05, 0) is 43.7 Å². The molecule has 1 atom stereocenters. The van der Waals surface area contributed by atoms with E-state index in [0.717, 1.165) is 17.0 Å². The van der Waals surface area contributed by atoms with Crippen molar-refractivity contribution in [1.82, 2.24) is 24.9 Å². The summed E-state index contributed by atoms with van der Waals surface area (Å²) in [6.07, 6.45) is 0.0206. The van der Waals surface area contributed by atoms with Crippen LogP contribution in [0, 0.1) is 19.7 Å². The number of carbonyl (C=O) groups excluding carboxylic acids is 1. The highest BCUT2D eigenvalue weighted by Gasteiger charge is 2.22. The van der Waals surface area contributed by atoms with E-state index in [1.807, 2.05) is 38.1 Å². The second-order valence-electron chi connectivity index (χ2n) is 8.33. The Labute approximate surface area is 216 Å². The second-order valence-corrected chi connectivity index (χ2v) is 9.68. The van der Waals surface area contributed by atoms with Crippen LogP contribution in [0.4, 0.5) is 4.39 Å². The quantitative estimate of drug-likeness (QED) is 0.361. The van der Waals surface area contributed by atoms with Crippen molar-refractivity contribution in [3.8, 4) is 11.5 Å². The number of nitrogens with zero attached hydrogens (tertiary/aromatic N) is 4. The Morgan fingerprint density at radius 1 is 1.17 bits per heavy atom. The first-order valence-corrected chi connectivity index (χ1v) is 12.7. The molecule has 1 aliphatic rings. The molecule has 0 spiro atoms. The van der Waals surface area contributed by atoms with E-state index in [9.17, 15) is 9.18 Å². The highest BCUT2D eigenvalue weighted by atomic mass is 35.5. The summed E-state index contributed by atoms with van der Waals surface area (Å²) in [7, 11) is 0. The number of nitrogens with one attached hydrogen (secondary N) is 1. The minimum absolute atomic E-state index is 0.136. The molecule has 36 heavy (non-hydrogen) atoms. The average molecular weight is 528 g/mol. The van der Waals surface area contributed by atoms with E-state index in [-0.39, 0.29) is 30.0 Å². The van der Waals surface area contributed by atoms with Crippen LogP contribution >= 0.6 is 23.4 Å². The molecule has 0 aliphatic carbocycles. The number of amides is 1. The molecule has 1 aliphatic heterocycles. The zero-order valence-electron chi connectivity index (χ0n) is 19.6. The first-order chi connectivity index (χ1) is 17.4. The van der Waals surface area contributed by atoms with Crippen LogP contribution in [0.5, 0.6) is 11.5 Å². The van der Waals surface area contributed by atoms with E-state index in [1.54, 1.807) is 16.6 Å². The molecule has 0 saturated heterocycles. The normalized spacial score (nSPS) is 14.7. The highest BCUT2D eigenvalue weighted by molar-refractivity contribution is 7.99. The molecular weight excluding hydrogens is 505 g/mol. The van der Waals surface area contributed by atoms with Crippen molar-refractivity contribution in [3.05, 3.63) is 75.8 Å². The number of carbonyl (C=O) groups is 1. The molecule has 3 heterocycles. The van der Waals surface area contributed by atoms with Gasteiger partial charge in [0.25, 0.3) is 5.78 Å². The minimum Gasteiger partial charge on any atom is -0.486 e. The van der Waals surface area contributed by atoms with Crippen molar-refractivity contribution >= 4 is 35.0 Å². The van der Waals surface area contributed by atoms with Gasteiger partial charge in [0, 0.05) is 28.4 Å². The first kappa shape index (κ1) is 24.3. The highest BCUT2D eigenvalue weighted by Crippen LogP contribution is 2.30. The third-order valence-corrected chi connectivity index (χ3v) is 7.06. The van der Waals surface area contributed by atoms with Gasteiger partial charge in [0.05, 0.1) is 12.3 Å². The van der Waals surface area contributed by atoms with Crippen LogP contribution in [0.2, 0.25) is 5.02 Å². The van der Waals surface area contributed by atoms with E-state index < -0.39 is 0 Å². The summed E-state index contributed by atoms with van der Waals surface area (Å²) >= 11 is 7.43. The zero-order valence-corrected chi connectivity index (χ0v) is 21.2. The summed E-state index contributed by atoms with van der Waals surface area (Å²) in [4.78, 5) is 21.4. The molecule has 0 bridgehead atoms. The number of para-hydroxylation sites is 2. The van der Waals surface area contributed by atoms with Gasteiger partial charge in [0.2, 0.25) is 11.1 Å². The van der Waals surface area contributed by atoms with Crippen LogP contribution in [-0.4, -0.2) is 50.5 Å². The molecule has 0 saturated carbocycles. The van der Waals surface area contributed by atoms with Gasteiger partial charge in [-0.1, -0.05) is 41.6 Å². The molecule has 2 aromatic heterocycles. The first-order valence-electron chi connectivity index (χ1n) is 11.3. The van der Waals surface area contributed by atoms with Crippen molar-refractivity contribution in [2.45, 2.75) is 31.5 Å². The van der Waals surface area contributed by atoms with E-state index in [2.05, 4.69) is 20.4 Å². The van der Waals surface area contributed by atoms with Gasteiger partial charge in [-0.2, -0.15) is 4.98 Å². The lowest BCUT2D eigenvalue weighted by molar-refractivity contribution is -0.119. The number of aryl methyl sites for hydroxylation is 2. The van der Waals surface area contributed by atoms with Crippen LogP contribution in [0.3, 0.4) is 0 Å². The van der Waals surface area contributed by atoms with E-state index in [0.29, 0.717) is 46.2 Å². The molecule has 11 heteroatoms. The Balaban J connectivity index is 1.22. The summed E-state index contributed by atoms with van der Waals surface area (Å²) in [6.45, 7) is 4.42. The van der Waals surface area contributed by atoms with Gasteiger partial charge in [-0.25, -0.2) is 13.9 Å². The average Bonchev–Trinajstić information content (AvgIpc) is 3.28. The maximum Gasteiger partial charge on any atom is 0.253 e. The summed E-state index contributed by atoms with van der Waals surface area (Å²) in [6, 6.07) is 12.1. The number of hydrogen-bond acceptors (Lipinski definition) is 7. The molecule has 4 aromatic rings. The maximum atomic E-state index is 14.3. The number of aromatic nitrogens is 4. The molecule has 186 valence electrons. The molecule has 8 nitrogen and oxygen atoms in total. The van der Waals surface area contributed by atoms with Crippen LogP contribution < -0.4 is 14.8 Å². The van der Waals surface area contributed by atoms with Crippen LogP contribution in [0.1, 0.15) is 22.5 Å². The maximum absolute atomic E-state index is 14.3. The lowest BCUT2D eigenvalue weighted by Crippen LogP contribution is -2.41. The van der Waals surface area contributed by atoms with E-state index in [4.69, 9.17) is 21.1 Å². The fourth-order valence-electron chi connectivity index (χ4n) is 3.96. The SMILES string of the molecule is Cc1nc2nc(SCC(=O)NC[C@H]3COc4ccccc4O3)nn2c(C)c1Cc1c(F)cccc1Cl. The van der Waals surface area contributed by atoms with Crippen molar-refractivity contribution in [2.24, 2.45) is 0 Å². The van der Waals surface area contributed by atoms with Gasteiger partial charge >= 0.3 is 0 Å². The van der Waals surface area contributed by atoms with Gasteiger partial charge < -0.3 is 14.8 Å². The number of fused-ring (bicyclic) bond motifs is 2. The molecule has 0 radical (unpaired) electrons. The minimum atomic E-state index is -0.364. The van der Waals surface area contributed by atoms with Gasteiger partial charge in [-0.15, -0.1) is 5.10 Å². The molecule has 2 aromatic carbocycles. The zero-order chi connectivity index (χ0) is 25.2. The predicted molar refractivity (Wildman–Crippen MR) is 135 cm³/mol. The monoisotopic (exact) mass is 527 g/mol. The molecular formula is C25H23ClFN5O3S. The Hall–Kier alpha value is -3.37. The lowest BCUT2D eigenvalue weighted by atomic mass is 10.0. The van der Waals surface area contributed by atoms with Crippen molar-refractivity contribution in [3.63, 3.8) is 0 Å². The summed E-state index contributed by atoms with van der Waals surface area (Å²) < 4.78 is 27.5. The Morgan fingerprint density at radius 2 is 1.97 bits per heavy atom. The Morgan fingerprint density at radius 3 is 2.78 bits per heavy atom. The predicted octanol–water partition coefficient (Wildman–Crippen LogP) is 4.17. The van der Waals surface area contributed by atoms with Crippen LogP contribution in [-0.2, 0) is 11.2 Å². The summed E-state index contributed by atoms with van der Waals surface area (Å²) in [5.41, 5.74) is 2.74. The summed E-state index contributed by atoms with van der Waals surface area (Å²) in [5, 5.41) is 8.15. The molecule has 1 amide bonds. The largest absolute Gasteiger partial charge is 0.486 e. The third-order valence-electron chi connectivity index (χ3n) is 5.87. The number of halogens is 2. The Bertz CT molecular complexity index is 1430. The molecule has 0 unspecified atom stereocenters. The molecule has 1 N–H and O–H groups in total. The number of rotatable bonds is 7. The Kier molecular flexibility index (Phi) is 6.97. The fraction of sp³-hybridized carbons (Fsp3) is 0.280. The fourth-order valence-corrected chi connectivity index (χ4v) is 4.84. The van der Waals surface area contributed by atoms with Crippen LogP contribution in [0.25, 0.3) is 5.78 Å². The van der Waals surface area contributed by atoms with Crippen LogP contribution in [0.15, 0.2) is 47.6 Å². The molecule has 0 fully saturated rings. The van der Waals surface area contributed by atoms with E-state index >= 15 is 0 Å². The topological polar surface area (TPSA) is 90.6 Å². The van der Waals surface area contributed by atoms with Gasteiger partial charge in [0.15, 0.2) is 11.5 Å². The number of thioether (sulfide) groups is 1. The number of benzene rings is 2. The second kappa shape index (κ2) is 10.3. The summed E-state index contributed by atoms with van der Waals surface area (Å²) in [5.74, 6) is 1.39. The van der Waals surface area contributed by atoms with E-state index in [1.165, 1.54) is 17.8 Å². The molecule has 5 rings (SSSR count). The lowest BCUT2D eigenvalue weighted by Gasteiger charge is -2.26. The van der Waals surface area contributed by atoms with Crippen molar-refractivity contribution in [2.75, 3.05) is 18.9 Å². The number of hydrogen-bond donors (Lipinski definition) is 1. The van der Waals surface area contributed by atoms with Crippen molar-refractivity contribution in [1.29, 1.82) is 0 Å².